The molecule has 1 fully saturated rings. The van der Waals surface area contributed by atoms with Crippen LogP contribution in [0.25, 0.3) is 5.95 Å². The first kappa shape index (κ1) is 24.1. The number of nitrogens with one attached hydrogen (secondary N) is 1. The lowest BCUT2D eigenvalue weighted by molar-refractivity contribution is -0.121. The van der Waals surface area contributed by atoms with Gasteiger partial charge in [-0.15, -0.1) is 0 Å². The lowest BCUT2D eigenvalue weighted by Gasteiger charge is -2.42. The van der Waals surface area contributed by atoms with Gasteiger partial charge in [-0.1, -0.05) is 19.4 Å². The number of carbonyl (C=O) groups is 1. The number of imidazole rings is 1. The van der Waals surface area contributed by atoms with Gasteiger partial charge >= 0.3 is 0 Å². The zero-order chi connectivity index (χ0) is 24.7. The third kappa shape index (κ3) is 5.76. The minimum absolute atomic E-state index is 0.0340. The number of aromatic nitrogens is 4. The minimum atomic E-state index is 0.0340. The molecule has 5 rings (SSSR count). The van der Waals surface area contributed by atoms with Crippen LogP contribution in [0, 0.1) is 0 Å². The second-order valence-electron chi connectivity index (χ2n) is 9.18. The molecule has 0 saturated carbocycles. The monoisotopic (exact) mass is 491 g/mol. The number of hydrogen-bond donors (Lipinski definition) is 1. The summed E-state index contributed by atoms with van der Waals surface area (Å²) < 4.78 is 12.6. The van der Waals surface area contributed by atoms with E-state index in [9.17, 15) is 4.79 Å². The van der Waals surface area contributed by atoms with Gasteiger partial charge in [0, 0.05) is 51.2 Å². The molecule has 0 spiro atoms. The summed E-state index contributed by atoms with van der Waals surface area (Å²) in [5, 5.41) is 3.11. The maximum atomic E-state index is 13.0. The van der Waals surface area contributed by atoms with Gasteiger partial charge < -0.3 is 19.7 Å². The van der Waals surface area contributed by atoms with Gasteiger partial charge in [-0.3, -0.25) is 14.3 Å². The van der Waals surface area contributed by atoms with Crippen LogP contribution in [-0.4, -0.2) is 75.9 Å². The van der Waals surface area contributed by atoms with Gasteiger partial charge in [0.05, 0.1) is 6.04 Å². The Morgan fingerprint density at radius 3 is 2.94 bits per heavy atom. The first-order valence-corrected chi connectivity index (χ1v) is 12.6. The fourth-order valence-electron chi connectivity index (χ4n) is 4.71. The highest BCUT2D eigenvalue weighted by Gasteiger charge is 2.30. The largest absolute Gasteiger partial charge is 0.454 e. The molecule has 2 aliphatic rings. The molecule has 0 bridgehead atoms. The molecule has 2 aromatic heterocycles. The second-order valence-corrected chi connectivity index (χ2v) is 9.18. The number of nitrogens with zero attached hydrogens (tertiary/aromatic N) is 6. The first-order chi connectivity index (χ1) is 17.7. The Bertz CT molecular complexity index is 1150. The van der Waals surface area contributed by atoms with Crippen LogP contribution in [0.15, 0.2) is 49.2 Å². The van der Waals surface area contributed by atoms with E-state index in [0.29, 0.717) is 18.9 Å². The number of ether oxygens (including phenoxy) is 2. The number of anilines is 1. The molecule has 0 radical (unpaired) electrons. The Morgan fingerprint density at radius 1 is 1.17 bits per heavy atom. The van der Waals surface area contributed by atoms with Crippen molar-refractivity contribution >= 4 is 11.7 Å². The summed E-state index contributed by atoms with van der Waals surface area (Å²) in [6.45, 7) is 6.70. The molecular weight excluding hydrogens is 458 g/mol. The number of carbonyl (C=O) groups excluding carboxylic acids is 1. The number of benzene rings is 1. The van der Waals surface area contributed by atoms with E-state index in [0.717, 1.165) is 68.3 Å². The van der Waals surface area contributed by atoms with E-state index in [1.54, 1.807) is 23.3 Å². The lowest BCUT2D eigenvalue weighted by atomic mass is 10.1. The fraction of sp³-hybridized carbons (Fsp3) is 0.462. The molecule has 0 aliphatic carbocycles. The maximum absolute atomic E-state index is 13.0. The van der Waals surface area contributed by atoms with Crippen molar-refractivity contribution in [1.29, 1.82) is 0 Å². The van der Waals surface area contributed by atoms with Gasteiger partial charge in [-0.25, -0.2) is 9.97 Å². The van der Waals surface area contributed by atoms with Crippen LogP contribution >= 0.6 is 0 Å². The predicted molar refractivity (Wildman–Crippen MR) is 136 cm³/mol. The zero-order valence-electron chi connectivity index (χ0n) is 20.7. The van der Waals surface area contributed by atoms with Gasteiger partial charge in [0.2, 0.25) is 18.6 Å². The highest BCUT2D eigenvalue weighted by atomic mass is 16.7. The summed E-state index contributed by atoms with van der Waals surface area (Å²) in [6.07, 6.45) is 10.5. The first-order valence-electron chi connectivity index (χ1n) is 12.6. The summed E-state index contributed by atoms with van der Waals surface area (Å²) >= 11 is 0. The van der Waals surface area contributed by atoms with Crippen molar-refractivity contribution in [3.63, 3.8) is 0 Å². The molecule has 36 heavy (non-hydrogen) atoms. The topological polar surface area (TPSA) is 97.6 Å². The van der Waals surface area contributed by atoms with Gasteiger partial charge in [0.1, 0.15) is 12.1 Å². The number of hydrogen-bond acceptors (Lipinski definition) is 8. The molecule has 10 heteroatoms. The summed E-state index contributed by atoms with van der Waals surface area (Å²) in [5.74, 6) is 3.00. The van der Waals surface area contributed by atoms with E-state index in [2.05, 4.69) is 32.0 Å². The van der Waals surface area contributed by atoms with Gasteiger partial charge in [-0.2, -0.15) is 4.98 Å². The van der Waals surface area contributed by atoms with E-state index in [-0.39, 0.29) is 18.7 Å². The number of amides is 1. The third-order valence-corrected chi connectivity index (χ3v) is 6.65. The Balaban J connectivity index is 1.22. The molecule has 1 aromatic carbocycles. The van der Waals surface area contributed by atoms with Crippen molar-refractivity contribution in [2.24, 2.45) is 0 Å². The van der Waals surface area contributed by atoms with E-state index in [1.165, 1.54) is 0 Å². The van der Waals surface area contributed by atoms with Crippen LogP contribution in [0.3, 0.4) is 0 Å². The van der Waals surface area contributed by atoms with Gasteiger partial charge in [0.25, 0.3) is 0 Å². The van der Waals surface area contributed by atoms with Crippen LogP contribution < -0.4 is 19.7 Å². The van der Waals surface area contributed by atoms with Gasteiger partial charge in [-0.05, 0) is 43.1 Å². The Labute approximate surface area is 211 Å². The van der Waals surface area contributed by atoms with Crippen molar-refractivity contribution in [2.45, 2.75) is 38.6 Å². The second kappa shape index (κ2) is 11.4. The molecule has 1 N–H and O–H groups in total. The minimum Gasteiger partial charge on any atom is -0.454 e. The number of fused-ring (bicyclic) bond motifs is 1. The molecule has 1 unspecified atom stereocenters. The van der Waals surface area contributed by atoms with Crippen molar-refractivity contribution in [1.82, 2.24) is 29.7 Å². The van der Waals surface area contributed by atoms with Crippen molar-refractivity contribution < 1.29 is 14.3 Å². The van der Waals surface area contributed by atoms with Crippen molar-refractivity contribution in [3.05, 3.63) is 54.7 Å². The lowest BCUT2D eigenvalue weighted by Crippen LogP contribution is -2.55. The van der Waals surface area contributed by atoms with Crippen LogP contribution in [0.2, 0.25) is 0 Å². The molecule has 3 aromatic rings. The number of piperazine rings is 1. The SMILES string of the molecule is CCCCN1CCN(c2ccnc(-n3ccnc3)n2)C(CC(=O)NCCc2ccc3c(c2)OCO3)C1. The Kier molecular flexibility index (Phi) is 7.61. The van der Waals surface area contributed by atoms with Crippen molar-refractivity contribution in [2.75, 3.05) is 44.4 Å². The van der Waals surface area contributed by atoms with Gasteiger partial charge in [0.15, 0.2) is 11.5 Å². The summed E-state index contributed by atoms with van der Waals surface area (Å²) in [6, 6.07) is 7.87. The molecule has 10 nitrogen and oxygen atoms in total. The van der Waals surface area contributed by atoms with Crippen LogP contribution in [-0.2, 0) is 11.2 Å². The molecule has 190 valence electrons. The molecule has 1 amide bonds. The molecular formula is C26H33N7O3. The quantitative estimate of drug-likeness (QED) is 0.462. The normalized spacial score (nSPS) is 17.4. The summed E-state index contributed by atoms with van der Waals surface area (Å²) in [7, 11) is 0. The molecule has 1 atom stereocenters. The summed E-state index contributed by atoms with van der Waals surface area (Å²) in [4.78, 5) is 31.0. The highest BCUT2D eigenvalue weighted by molar-refractivity contribution is 5.77. The smallest absolute Gasteiger partial charge is 0.236 e. The molecule has 2 aliphatic heterocycles. The Morgan fingerprint density at radius 2 is 2.08 bits per heavy atom. The van der Waals surface area contributed by atoms with E-state index < -0.39 is 0 Å². The average molecular weight is 492 g/mol. The number of rotatable bonds is 10. The third-order valence-electron chi connectivity index (χ3n) is 6.65. The van der Waals surface area contributed by atoms with Crippen molar-refractivity contribution in [3.8, 4) is 17.4 Å². The fourth-order valence-corrected chi connectivity index (χ4v) is 4.71. The average Bonchev–Trinajstić information content (AvgIpc) is 3.60. The zero-order valence-corrected chi connectivity index (χ0v) is 20.7. The standard InChI is InChI=1S/C26H33N7O3/c1-2-3-11-31-13-14-33(24-7-9-29-26(30-24)32-12-10-27-18-32)21(17-31)16-25(34)28-8-6-20-4-5-22-23(15-20)36-19-35-22/h4-5,7,9-10,12,15,18,21H,2-3,6,8,11,13-14,16-17,19H2,1H3,(H,28,34). The maximum Gasteiger partial charge on any atom is 0.236 e. The van der Waals surface area contributed by atoms with Crippen LogP contribution in [0.1, 0.15) is 31.7 Å². The highest BCUT2D eigenvalue weighted by Crippen LogP contribution is 2.32. The van der Waals surface area contributed by atoms with E-state index in [4.69, 9.17) is 14.5 Å². The molecule has 4 heterocycles. The van der Waals surface area contributed by atoms with Crippen LogP contribution in [0.5, 0.6) is 11.5 Å². The molecule has 1 saturated heterocycles. The van der Waals surface area contributed by atoms with Crippen LogP contribution in [0.4, 0.5) is 5.82 Å². The summed E-state index contributed by atoms with van der Waals surface area (Å²) in [5.41, 5.74) is 1.11. The Hall–Kier alpha value is -3.66. The predicted octanol–water partition coefficient (Wildman–Crippen LogP) is 2.43. The van der Waals surface area contributed by atoms with E-state index in [1.807, 2.05) is 30.5 Å². The number of unbranched alkanes of at least 4 members (excludes halogenated alkanes) is 1. The van der Waals surface area contributed by atoms with E-state index >= 15 is 0 Å².